The molecule has 1 amide bonds. The summed E-state index contributed by atoms with van der Waals surface area (Å²) in [6, 6.07) is 8.91. The van der Waals surface area contributed by atoms with Gasteiger partial charge in [-0.05, 0) is 36.8 Å². The maximum Gasteiger partial charge on any atom is 0.257 e. The molecule has 3 N–H and O–H groups in total. The molecule has 0 bridgehead atoms. The van der Waals surface area contributed by atoms with Crippen molar-refractivity contribution in [3.8, 4) is 0 Å². The zero-order chi connectivity index (χ0) is 15.6. The number of nitrogens with one attached hydrogen (secondary N) is 1. The first-order valence-electron chi connectivity index (χ1n) is 6.20. The molecule has 0 spiro atoms. The summed E-state index contributed by atoms with van der Waals surface area (Å²) in [6.07, 6.45) is 0. The topological polar surface area (TPSA) is 55.1 Å². The molecular weight excluding hydrogens is 342 g/mol. The molecule has 2 rings (SSSR count). The molecule has 0 heterocycles. The van der Waals surface area contributed by atoms with Gasteiger partial charge in [0, 0.05) is 4.47 Å². The van der Waals surface area contributed by atoms with Crippen molar-refractivity contribution in [2.75, 3.05) is 5.73 Å². The van der Waals surface area contributed by atoms with E-state index in [0.29, 0.717) is 0 Å². The second-order valence-electron chi connectivity index (χ2n) is 4.57. The zero-order valence-corrected chi connectivity index (χ0v) is 12.7. The van der Waals surface area contributed by atoms with Gasteiger partial charge < -0.3 is 11.1 Å². The minimum Gasteiger partial charge on any atom is -0.396 e. The smallest absolute Gasteiger partial charge is 0.257 e. The number of carbonyl (C=O) groups is 1. The van der Waals surface area contributed by atoms with Gasteiger partial charge >= 0.3 is 0 Å². The van der Waals surface area contributed by atoms with Gasteiger partial charge in [-0.25, -0.2) is 8.78 Å². The average Bonchev–Trinajstić information content (AvgIpc) is 2.44. The highest BCUT2D eigenvalue weighted by Gasteiger charge is 2.21. The van der Waals surface area contributed by atoms with Gasteiger partial charge in [0.2, 0.25) is 0 Å². The van der Waals surface area contributed by atoms with E-state index in [1.54, 1.807) is 19.1 Å². The number of rotatable bonds is 3. The maximum atomic E-state index is 13.8. The molecular formula is C15H13BrF2N2O. The summed E-state index contributed by atoms with van der Waals surface area (Å²) in [5.41, 5.74) is 5.24. The van der Waals surface area contributed by atoms with Crippen LogP contribution in [-0.2, 0) is 0 Å². The Labute approximate surface area is 129 Å². The molecule has 0 saturated heterocycles. The highest BCUT2D eigenvalue weighted by Crippen LogP contribution is 2.21. The molecule has 0 unspecified atom stereocenters. The lowest BCUT2D eigenvalue weighted by atomic mass is 10.1. The van der Waals surface area contributed by atoms with Gasteiger partial charge in [-0.15, -0.1) is 0 Å². The van der Waals surface area contributed by atoms with Crippen molar-refractivity contribution in [1.82, 2.24) is 5.32 Å². The molecule has 2 aromatic carbocycles. The highest BCUT2D eigenvalue weighted by atomic mass is 79.9. The fraction of sp³-hybridized carbons (Fsp3) is 0.133. The molecule has 6 heteroatoms. The van der Waals surface area contributed by atoms with E-state index in [4.69, 9.17) is 5.73 Å². The minimum atomic E-state index is -1.05. The Bertz CT molecular complexity index is 674. The summed E-state index contributed by atoms with van der Waals surface area (Å²) in [5.74, 6) is -2.83. The van der Waals surface area contributed by atoms with Gasteiger partial charge in [-0.2, -0.15) is 0 Å². The molecule has 0 saturated carbocycles. The van der Waals surface area contributed by atoms with Gasteiger partial charge in [0.15, 0.2) is 5.82 Å². The summed E-state index contributed by atoms with van der Waals surface area (Å²) in [5, 5.41) is 2.55. The molecule has 110 valence electrons. The van der Waals surface area contributed by atoms with Crippen molar-refractivity contribution in [3.05, 3.63) is 63.6 Å². The first-order chi connectivity index (χ1) is 9.90. The Morgan fingerprint density at radius 2 is 1.81 bits per heavy atom. The minimum absolute atomic E-state index is 0.266. The lowest BCUT2D eigenvalue weighted by Gasteiger charge is -2.15. The molecule has 0 radical (unpaired) electrons. The standard InChI is InChI=1S/C15H13BrF2N2O/c1-8(9-2-4-10(16)5-3-9)20-15(21)13-11(17)6-7-12(19)14(13)18/h2-8H,19H2,1H3,(H,20,21)/t8-/m0/s1. The van der Waals surface area contributed by atoms with Crippen LogP contribution in [-0.4, -0.2) is 5.91 Å². The third-order valence-electron chi connectivity index (χ3n) is 3.07. The van der Waals surface area contributed by atoms with Crippen LogP contribution in [0.2, 0.25) is 0 Å². The van der Waals surface area contributed by atoms with E-state index in [1.807, 2.05) is 12.1 Å². The predicted octanol–water partition coefficient (Wildman–Crippen LogP) is 3.80. The number of benzene rings is 2. The number of nitrogens with two attached hydrogens (primary N) is 1. The molecule has 21 heavy (non-hydrogen) atoms. The van der Waals surface area contributed by atoms with Gasteiger partial charge in [0.05, 0.1) is 11.7 Å². The molecule has 0 aliphatic heterocycles. The van der Waals surface area contributed by atoms with Crippen LogP contribution in [0.4, 0.5) is 14.5 Å². The number of nitrogen functional groups attached to an aromatic ring is 1. The molecule has 0 fully saturated rings. The van der Waals surface area contributed by atoms with Crippen LogP contribution in [0.1, 0.15) is 28.9 Å². The number of carbonyl (C=O) groups excluding carboxylic acids is 1. The monoisotopic (exact) mass is 354 g/mol. The Hall–Kier alpha value is -1.95. The number of anilines is 1. The lowest BCUT2D eigenvalue weighted by Crippen LogP contribution is -2.28. The van der Waals surface area contributed by atoms with Crippen LogP contribution >= 0.6 is 15.9 Å². The highest BCUT2D eigenvalue weighted by molar-refractivity contribution is 9.10. The number of hydrogen-bond donors (Lipinski definition) is 2. The Kier molecular flexibility index (Phi) is 4.57. The molecule has 0 aromatic heterocycles. The van der Waals surface area contributed by atoms with E-state index in [2.05, 4.69) is 21.2 Å². The van der Waals surface area contributed by atoms with E-state index in [9.17, 15) is 13.6 Å². The molecule has 1 atom stereocenters. The van der Waals surface area contributed by atoms with Gasteiger partial charge in [0.25, 0.3) is 5.91 Å². The van der Waals surface area contributed by atoms with Gasteiger partial charge in [-0.1, -0.05) is 28.1 Å². The van der Waals surface area contributed by atoms with Crippen LogP contribution in [0.15, 0.2) is 40.9 Å². The zero-order valence-electron chi connectivity index (χ0n) is 11.2. The van der Waals surface area contributed by atoms with Crippen LogP contribution in [0.3, 0.4) is 0 Å². The summed E-state index contributed by atoms with van der Waals surface area (Å²) >= 11 is 3.31. The Morgan fingerprint density at radius 3 is 2.43 bits per heavy atom. The van der Waals surface area contributed by atoms with Crippen LogP contribution in [0.5, 0.6) is 0 Å². The van der Waals surface area contributed by atoms with Crippen molar-refractivity contribution < 1.29 is 13.6 Å². The van der Waals surface area contributed by atoms with Crippen molar-refractivity contribution in [2.24, 2.45) is 0 Å². The van der Waals surface area contributed by atoms with E-state index in [0.717, 1.165) is 22.2 Å². The Balaban J connectivity index is 2.22. The van der Waals surface area contributed by atoms with Gasteiger partial charge in [0.1, 0.15) is 11.4 Å². The van der Waals surface area contributed by atoms with Crippen LogP contribution < -0.4 is 11.1 Å². The lowest BCUT2D eigenvalue weighted by molar-refractivity contribution is 0.0931. The number of amides is 1. The number of hydrogen-bond acceptors (Lipinski definition) is 2. The van der Waals surface area contributed by atoms with E-state index in [1.165, 1.54) is 0 Å². The summed E-state index contributed by atoms with van der Waals surface area (Å²) < 4.78 is 28.3. The predicted molar refractivity (Wildman–Crippen MR) is 80.8 cm³/mol. The molecule has 0 aliphatic rings. The van der Waals surface area contributed by atoms with Crippen molar-refractivity contribution >= 4 is 27.5 Å². The maximum absolute atomic E-state index is 13.8. The SMILES string of the molecule is C[C@H](NC(=O)c1c(F)ccc(N)c1F)c1ccc(Br)cc1. The van der Waals surface area contributed by atoms with Crippen LogP contribution in [0, 0.1) is 11.6 Å². The average molecular weight is 355 g/mol. The van der Waals surface area contributed by atoms with Crippen LogP contribution in [0.25, 0.3) is 0 Å². The fourth-order valence-corrected chi connectivity index (χ4v) is 2.14. The third-order valence-corrected chi connectivity index (χ3v) is 3.59. The largest absolute Gasteiger partial charge is 0.396 e. The number of halogens is 3. The second kappa shape index (κ2) is 6.22. The quantitative estimate of drug-likeness (QED) is 0.823. The van der Waals surface area contributed by atoms with E-state index < -0.39 is 29.1 Å². The Morgan fingerprint density at radius 1 is 1.19 bits per heavy atom. The third kappa shape index (κ3) is 3.39. The summed E-state index contributed by atoms with van der Waals surface area (Å²) in [7, 11) is 0. The first kappa shape index (κ1) is 15.4. The van der Waals surface area contributed by atoms with Gasteiger partial charge in [-0.3, -0.25) is 4.79 Å². The van der Waals surface area contributed by atoms with Crippen molar-refractivity contribution in [1.29, 1.82) is 0 Å². The normalized spacial score (nSPS) is 12.0. The van der Waals surface area contributed by atoms with E-state index in [-0.39, 0.29) is 5.69 Å². The van der Waals surface area contributed by atoms with E-state index >= 15 is 0 Å². The molecule has 3 nitrogen and oxygen atoms in total. The van der Waals surface area contributed by atoms with Crippen molar-refractivity contribution in [2.45, 2.75) is 13.0 Å². The molecule has 0 aliphatic carbocycles. The summed E-state index contributed by atoms with van der Waals surface area (Å²) in [4.78, 5) is 12.0. The molecule has 2 aromatic rings. The first-order valence-corrected chi connectivity index (χ1v) is 6.99. The fourth-order valence-electron chi connectivity index (χ4n) is 1.88. The summed E-state index contributed by atoms with van der Waals surface area (Å²) in [6.45, 7) is 1.73. The second-order valence-corrected chi connectivity index (χ2v) is 5.49. The van der Waals surface area contributed by atoms with Crippen molar-refractivity contribution in [3.63, 3.8) is 0 Å².